The molecule has 9 heteroatoms. The van der Waals surface area contributed by atoms with Gasteiger partial charge in [-0.15, -0.1) is 0 Å². The van der Waals surface area contributed by atoms with E-state index in [-0.39, 0.29) is 18.2 Å². The standard InChI is InChI=1S/C20H25N7O2/c21-13-1-3-14(4-2-13)23-16-9-17(24-15-5-6-15)27-19(25-16)12(10-22-27)7-11-8-18(28)26-20(11)29/h7,9-10,13-15,24H,1-6,8,21H2,(H,23,25)(H,26,28,29)/b11-7+. The number of hydrogen-bond acceptors (Lipinski definition) is 7. The summed E-state index contributed by atoms with van der Waals surface area (Å²) in [5.41, 5.74) is 7.84. The Hall–Kier alpha value is -2.94. The smallest absolute Gasteiger partial charge is 0.254 e. The van der Waals surface area contributed by atoms with Crippen LogP contribution in [-0.2, 0) is 9.59 Å². The third-order valence-electron chi connectivity index (χ3n) is 5.78. The highest BCUT2D eigenvalue weighted by atomic mass is 16.2. The van der Waals surface area contributed by atoms with Gasteiger partial charge in [0.2, 0.25) is 5.91 Å². The Balaban J connectivity index is 1.49. The maximum Gasteiger partial charge on any atom is 0.254 e. The highest BCUT2D eigenvalue weighted by molar-refractivity contribution is 6.15. The topological polar surface area (TPSA) is 126 Å². The average molecular weight is 395 g/mol. The maximum atomic E-state index is 11.9. The fourth-order valence-electron chi connectivity index (χ4n) is 3.98. The lowest BCUT2D eigenvalue weighted by atomic mass is 9.92. The Labute approximate surface area is 168 Å². The summed E-state index contributed by atoms with van der Waals surface area (Å²) in [5.74, 6) is 1.04. The number of anilines is 2. The average Bonchev–Trinajstić information content (AvgIpc) is 3.33. The normalized spacial score (nSPS) is 26.2. The molecule has 2 aliphatic carbocycles. The molecule has 1 aliphatic heterocycles. The van der Waals surface area contributed by atoms with E-state index in [1.165, 1.54) is 0 Å². The van der Waals surface area contributed by atoms with Crippen molar-refractivity contribution in [2.75, 3.05) is 10.6 Å². The summed E-state index contributed by atoms with van der Waals surface area (Å²) in [6.07, 6.45) is 9.85. The van der Waals surface area contributed by atoms with Crippen LogP contribution in [0.1, 0.15) is 50.5 Å². The Morgan fingerprint density at radius 2 is 1.83 bits per heavy atom. The van der Waals surface area contributed by atoms with E-state index in [1.807, 2.05) is 6.07 Å². The van der Waals surface area contributed by atoms with Gasteiger partial charge in [0, 0.05) is 35.3 Å². The molecule has 5 rings (SSSR count). The minimum absolute atomic E-state index is 0.0869. The first-order valence-corrected chi connectivity index (χ1v) is 10.3. The Morgan fingerprint density at radius 3 is 2.52 bits per heavy atom. The molecule has 0 aromatic carbocycles. The zero-order valence-corrected chi connectivity index (χ0v) is 16.1. The molecule has 2 aromatic rings. The molecule has 29 heavy (non-hydrogen) atoms. The first kappa shape index (κ1) is 18.1. The Bertz CT molecular complexity index is 1000. The number of imide groups is 1. The number of rotatable bonds is 5. The van der Waals surface area contributed by atoms with Crippen LogP contribution in [0, 0.1) is 0 Å². The molecular weight excluding hydrogens is 370 g/mol. The van der Waals surface area contributed by atoms with Gasteiger partial charge in [0.05, 0.1) is 12.6 Å². The zero-order valence-electron chi connectivity index (χ0n) is 16.1. The van der Waals surface area contributed by atoms with E-state index >= 15 is 0 Å². The van der Waals surface area contributed by atoms with Gasteiger partial charge in [-0.1, -0.05) is 0 Å². The van der Waals surface area contributed by atoms with Crippen LogP contribution in [0.25, 0.3) is 11.7 Å². The molecule has 0 unspecified atom stereocenters. The van der Waals surface area contributed by atoms with Crippen molar-refractivity contribution in [2.24, 2.45) is 5.73 Å². The number of hydrogen-bond donors (Lipinski definition) is 4. The van der Waals surface area contributed by atoms with Gasteiger partial charge >= 0.3 is 0 Å². The number of carbonyl (C=O) groups excluding carboxylic acids is 2. The number of nitrogens with one attached hydrogen (secondary N) is 3. The lowest BCUT2D eigenvalue weighted by Gasteiger charge is -2.27. The van der Waals surface area contributed by atoms with E-state index in [2.05, 4.69) is 21.0 Å². The summed E-state index contributed by atoms with van der Waals surface area (Å²) in [6.45, 7) is 0. The van der Waals surface area contributed by atoms with Crippen LogP contribution in [0.4, 0.5) is 11.6 Å². The van der Waals surface area contributed by atoms with Crippen molar-refractivity contribution in [3.63, 3.8) is 0 Å². The van der Waals surface area contributed by atoms with Crippen molar-refractivity contribution in [1.82, 2.24) is 19.9 Å². The quantitative estimate of drug-likeness (QED) is 0.445. The number of carbonyl (C=O) groups is 2. The lowest BCUT2D eigenvalue weighted by molar-refractivity contribution is -0.124. The second-order valence-electron chi connectivity index (χ2n) is 8.26. The van der Waals surface area contributed by atoms with Gasteiger partial charge < -0.3 is 16.4 Å². The number of nitrogens with two attached hydrogens (primary N) is 1. The molecule has 2 saturated carbocycles. The van der Waals surface area contributed by atoms with Crippen molar-refractivity contribution < 1.29 is 9.59 Å². The number of nitrogens with zero attached hydrogens (tertiary/aromatic N) is 3. The van der Waals surface area contributed by atoms with Gasteiger partial charge in [-0.05, 0) is 44.6 Å². The predicted octanol–water partition coefficient (Wildman–Crippen LogP) is 1.42. The molecule has 3 heterocycles. The van der Waals surface area contributed by atoms with Crippen LogP contribution in [0.15, 0.2) is 17.8 Å². The molecule has 2 amide bonds. The Kier molecular flexibility index (Phi) is 4.46. The summed E-state index contributed by atoms with van der Waals surface area (Å²) < 4.78 is 1.77. The van der Waals surface area contributed by atoms with Gasteiger partial charge in [-0.25, -0.2) is 4.98 Å². The van der Waals surface area contributed by atoms with Crippen molar-refractivity contribution in [1.29, 1.82) is 0 Å². The van der Waals surface area contributed by atoms with Crippen LogP contribution in [0.5, 0.6) is 0 Å². The molecule has 2 aromatic heterocycles. The molecule has 152 valence electrons. The summed E-state index contributed by atoms with van der Waals surface area (Å²) in [4.78, 5) is 28.2. The molecule has 0 spiro atoms. The second kappa shape index (κ2) is 7.14. The van der Waals surface area contributed by atoms with E-state index in [4.69, 9.17) is 10.7 Å². The minimum Gasteiger partial charge on any atom is -0.367 e. The van der Waals surface area contributed by atoms with Gasteiger partial charge in [0.15, 0.2) is 5.65 Å². The summed E-state index contributed by atoms with van der Waals surface area (Å²) in [5, 5.41) is 13.8. The number of aromatic nitrogens is 3. The first-order valence-electron chi connectivity index (χ1n) is 10.3. The molecule has 3 fully saturated rings. The molecule has 0 bridgehead atoms. The fourth-order valence-corrected chi connectivity index (χ4v) is 3.98. The zero-order chi connectivity index (χ0) is 20.0. The third-order valence-corrected chi connectivity index (χ3v) is 5.78. The largest absolute Gasteiger partial charge is 0.367 e. The van der Waals surface area contributed by atoms with Crippen molar-refractivity contribution >= 4 is 35.2 Å². The fraction of sp³-hybridized carbons (Fsp3) is 0.500. The SMILES string of the molecule is NC1CCC(Nc2cc(NC3CC3)n3ncc(/C=C4\CC(=O)NC4=O)c3n2)CC1. The lowest BCUT2D eigenvalue weighted by Crippen LogP contribution is -2.33. The van der Waals surface area contributed by atoms with Crippen LogP contribution in [0.3, 0.4) is 0 Å². The van der Waals surface area contributed by atoms with Crippen LogP contribution in [-0.4, -0.2) is 44.5 Å². The van der Waals surface area contributed by atoms with Crippen LogP contribution in [0.2, 0.25) is 0 Å². The molecule has 5 N–H and O–H groups in total. The Morgan fingerprint density at radius 1 is 1.10 bits per heavy atom. The van der Waals surface area contributed by atoms with Gasteiger partial charge in [-0.2, -0.15) is 9.61 Å². The van der Waals surface area contributed by atoms with E-state index in [0.29, 0.717) is 29.3 Å². The molecular formula is C20H25N7O2. The molecule has 0 atom stereocenters. The van der Waals surface area contributed by atoms with Crippen molar-refractivity contribution in [3.8, 4) is 0 Å². The first-order chi connectivity index (χ1) is 14.0. The monoisotopic (exact) mass is 395 g/mol. The van der Waals surface area contributed by atoms with E-state index in [1.54, 1.807) is 16.8 Å². The van der Waals surface area contributed by atoms with Crippen LogP contribution < -0.4 is 21.7 Å². The van der Waals surface area contributed by atoms with Crippen LogP contribution >= 0.6 is 0 Å². The van der Waals surface area contributed by atoms with Crippen molar-refractivity contribution in [2.45, 2.75) is 63.1 Å². The number of fused-ring (bicyclic) bond motifs is 1. The summed E-state index contributed by atoms with van der Waals surface area (Å²) >= 11 is 0. The van der Waals surface area contributed by atoms with Crippen molar-refractivity contribution in [3.05, 3.63) is 23.4 Å². The molecule has 0 radical (unpaired) electrons. The summed E-state index contributed by atoms with van der Waals surface area (Å²) in [7, 11) is 0. The van der Waals surface area contributed by atoms with E-state index < -0.39 is 0 Å². The third kappa shape index (κ3) is 3.82. The van der Waals surface area contributed by atoms with Gasteiger partial charge in [-0.3, -0.25) is 14.9 Å². The predicted molar refractivity (Wildman–Crippen MR) is 109 cm³/mol. The van der Waals surface area contributed by atoms with E-state index in [0.717, 1.165) is 55.7 Å². The minimum atomic E-state index is -0.349. The molecule has 9 nitrogen and oxygen atoms in total. The highest BCUT2D eigenvalue weighted by Crippen LogP contribution is 2.29. The highest BCUT2D eigenvalue weighted by Gasteiger charge is 2.26. The van der Waals surface area contributed by atoms with Gasteiger partial charge in [0.25, 0.3) is 5.91 Å². The number of amides is 2. The maximum absolute atomic E-state index is 11.9. The summed E-state index contributed by atoms with van der Waals surface area (Å²) in [6, 6.07) is 3.10. The van der Waals surface area contributed by atoms with Gasteiger partial charge in [0.1, 0.15) is 11.6 Å². The second-order valence-corrected chi connectivity index (χ2v) is 8.26. The molecule has 1 saturated heterocycles. The van der Waals surface area contributed by atoms with E-state index in [9.17, 15) is 9.59 Å². The molecule has 3 aliphatic rings.